The maximum Gasteiger partial charge on any atom is 0.225 e. The van der Waals surface area contributed by atoms with Gasteiger partial charge < -0.3 is 31.1 Å². The monoisotopic (exact) mass is 515 g/mol. The molecule has 10 heteroatoms. The molecule has 1 fully saturated rings. The minimum atomic E-state index is -2.59. The number of fused-ring (bicyclic) bond motifs is 2. The molecule has 0 saturated carbocycles. The summed E-state index contributed by atoms with van der Waals surface area (Å²) in [5.41, 5.74) is 4.20. The third-order valence-electron chi connectivity index (χ3n) is 8.33. The molecule has 3 aliphatic rings. The topological polar surface area (TPSA) is 165 Å². The number of carbonyl (C=O) groups excluding carboxylic acids is 3. The fourth-order valence-corrected chi connectivity index (χ4v) is 6.42. The van der Waals surface area contributed by atoms with Crippen molar-refractivity contribution >= 4 is 17.5 Å². The van der Waals surface area contributed by atoms with E-state index in [4.69, 9.17) is 5.73 Å². The minimum absolute atomic E-state index is 0.0711. The Morgan fingerprint density at radius 1 is 1.19 bits per heavy atom. The first-order valence-corrected chi connectivity index (χ1v) is 12.9. The maximum absolute atomic E-state index is 13.8. The highest BCUT2D eigenvalue weighted by Crippen LogP contribution is 2.49. The molecule has 4 rings (SSSR count). The van der Waals surface area contributed by atoms with Gasteiger partial charge in [0.05, 0.1) is 18.6 Å². The molecule has 1 amide bonds. The fraction of sp³-hybridized carbons (Fsp3) is 0.593. The molecule has 1 aromatic rings. The van der Waals surface area contributed by atoms with E-state index in [9.17, 15) is 34.8 Å². The molecule has 0 spiro atoms. The summed E-state index contributed by atoms with van der Waals surface area (Å²) in [6.07, 6.45) is 2.99. The number of phenolic OH excluding ortho intramolecular Hbond substituents is 1. The minimum Gasteiger partial charge on any atom is -0.508 e. The zero-order valence-corrected chi connectivity index (χ0v) is 21.4. The molecule has 6 N–H and O–H groups in total. The van der Waals surface area contributed by atoms with Gasteiger partial charge in [-0.05, 0) is 76.0 Å². The molecule has 4 atom stereocenters. The van der Waals surface area contributed by atoms with E-state index in [0.717, 1.165) is 31.5 Å². The van der Waals surface area contributed by atoms with Crippen molar-refractivity contribution in [1.29, 1.82) is 0 Å². The summed E-state index contributed by atoms with van der Waals surface area (Å²) in [4.78, 5) is 42.5. The Hall–Kier alpha value is -2.79. The number of ketones is 2. The number of rotatable bonds is 8. The highest BCUT2D eigenvalue weighted by Gasteiger charge is 2.58. The lowest BCUT2D eigenvalue weighted by Crippen LogP contribution is -2.60. The van der Waals surface area contributed by atoms with Crippen molar-refractivity contribution in [1.82, 2.24) is 9.80 Å². The Labute approximate surface area is 216 Å². The first-order chi connectivity index (χ1) is 17.5. The summed E-state index contributed by atoms with van der Waals surface area (Å²) >= 11 is 0. The number of benzene rings is 1. The molecule has 0 aromatic heterocycles. The van der Waals surface area contributed by atoms with Gasteiger partial charge in [-0.25, -0.2) is 0 Å². The van der Waals surface area contributed by atoms with Gasteiger partial charge in [-0.15, -0.1) is 0 Å². The van der Waals surface area contributed by atoms with E-state index in [1.807, 2.05) is 6.07 Å². The molecule has 0 bridgehead atoms. The molecule has 1 aromatic carbocycles. The number of allylic oxidation sites excluding steroid dienone is 1. The summed E-state index contributed by atoms with van der Waals surface area (Å²) in [7, 11) is 3.35. The zero-order valence-electron chi connectivity index (χ0n) is 21.4. The predicted molar refractivity (Wildman–Crippen MR) is 135 cm³/mol. The first-order valence-electron chi connectivity index (χ1n) is 12.9. The predicted octanol–water partition coefficient (Wildman–Crippen LogP) is 0.663. The number of phenols is 1. The van der Waals surface area contributed by atoms with Crippen molar-refractivity contribution in [3.63, 3.8) is 0 Å². The van der Waals surface area contributed by atoms with Gasteiger partial charge in [0.2, 0.25) is 5.91 Å². The van der Waals surface area contributed by atoms with Crippen LogP contribution in [-0.2, 0) is 22.6 Å². The first kappa shape index (κ1) is 27.3. The van der Waals surface area contributed by atoms with E-state index in [-0.39, 0.29) is 23.3 Å². The van der Waals surface area contributed by atoms with Crippen molar-refractivity contribution in [3.05, 3.63) is 40.2 Å². The Balaban J connectivity index is 1.83. The number of likely N-dealkylation sites (N-methyl/N-ethyl adjacent to an activating group) is 1. The van der Waals surface area contributed by atoms with E-state index in [0.29, 0.717) is 18.5 Å². The average Bonchev–Trinajstić information content (AvgIpc) is 2.84. The number of nitrogens with two attached hydrogens (primary N) is 1. The largest absolute Gasteiger partial charge is 0.508 e. The highest BCUT2D eigenvalue weighted by molar-refractivity contribution is 6.15. The van der Waals surface area contributed by atoms with Gasteiger partial charge in [-0.3, -0.25) is 19.3 Å². The molecular weight excluding hydrogens is 478 g/mol. The highest BCUT2D eigenvalue weighted by atomic mass is 16.3. The maximum atomic E-state index is 13.8. The van der Waals surface area contributed by atoms with Gasteiger partial charge in [-0.2, -0.15) is 0 Å². The molecule has 37 heavy (non-hydrogen) atoms. The molecule has 0 unspecified atom stereocenters. The Kier molecular flexibility index (Phi) is 7.75. The number of hydrogen-bond acceptors (Lipinski definition) is 9. The number of aliphatic hydroxyl groups excluding tert-OH is 2. The third-order valence-corrected chi connectivity index (χ3v) is 8.33. The Morgan fingerprint density at radius 2 is 1.86 bits per heavy atom. The van der Waals surface area contributed by atoms with Crippen LogP contribution in [0.3, 0.4) is 0 Å². The lowest BCUT2D eigenvalue weighted by atomic mass is 9.61. The summed E-state index contributed by atoms with van der Waals surface area (Å²) in [5.74, 6) is -5.27. The van der Waals surface area contributed by atoms with E-state index in [1.54, 1.807) is 19.0 Å². The van der Waals surface area contributed by atoms with Gasteiger partial charge in [0.1, 0.15) is 11.5 Å². The molecule has 1 saturated heterocycles. The van der Waals surface area contributed by atoms with Gasteiger partial charge in [0.15, 0.2) is 17.2 Å². The van der Waals surface area contributed by atoms with Crippen LogP contribution in [0.4, 0.5) is 0 Å². The van der Waals surface area contributed by atoms with Crippen LogP contribution in [0.15, 0.2) is 23.5 Å². The van der Waals surface area contributed by atoms with Gasteiger partial charge >= 0.3 is 0 Å². The van der Waals surface area contributed by atoms with Crippen LogP contribution >= 0.6 is 0 Å². The number of carbonyl (C=O) groups is 3. The van der Waals surface area contributed by atoms with Crippen LogP contribution in [0.2, 0.25) is 0 Å². The number of aromatic hydroxyl groups is 1. The number of nitrogens with zero attached hydrogens (tertiary/aromatic N) is 2. The SMILES string of the molecule is CN(C)[C@H](CO)[C@@H]1C[C@@H]2Cc3c(CN4CCCCC4)ccc(O)c3C(=O)C2=C(O)[C@]1(O)C(=O)CC(N)=O. The molecule has 0 radical (unpaired) electrons. The number of likely N-dealkylation sites (tertiary alicyclic amines) is 1. The fourth-order valence-electron chi connectivity index (χ4n) is 6.42. The molecule has 10 nitrogen and oxygen atoms in total. The third kappa shape index (κ3) is 4.79. The molecule has 2 aliphatic carbocycles. The number of Topliss-reactive ketones (excluding diaryl/α,β-unsaturated/α-hetero) is 2. The van der Waals surface area contributed by atoms with Crippen molar-refractivity contribution in [2.75, 3.05) is 33.8 Å². The van der Waals surface area contributed by atoms with Crippen molar-refractivity contribution < 1.29 is 34.8 Å². The van der Waals surface area contributed by atoms with Gasteiger partial charge in [0.25, 0.3) is 0 Å². The summed E-state index contributed by atoms with van der Waals surface area (Å²) in [6, 6.07) is 2.55. The van der Waals surface area contributed by atoms with Gasteiger partial charge in [0, 0.05) is 24.1 Å². The van der Waals surface area contributed by atoms with Gasteiger partial charge in [-0.1, -0.05) is 12.5 Å². The summed E-state index contributed by atoms with van der Waals surface area (Å²) in [5, 5.41) is 43.9. The van der Waals surface area contributed by atoms with Crippen LogP contribution in [0, 0.1) is 11.8 Å². The average molecular weight is 516 g/mol. The second kappa shape index (κ2) is 10.5. The number of aliphatic hydroxyl groups is 3. The number of hydrogen-bond donors (Lipinski definition) is 5. The molecule has 1 aliphatic heterocycles. The zero-order chi connectivity index (χ0) is 27.1. The van der Waals surface area contributed by atoms with Crippen molar-refractivity contribution in [3.8, 4) is 5.75 Å². The lowest BCUT2D eigenvalue weighted by Gasteiger charge is -2.47. The molecule has 1 heterocycles. The molecule has 202 valence electrons. The lowest BCUT2D eigenvalue weighted by molar-refractivity contribution is -0.151. The second-order valence-electron chi connectivity index (χ2n) is 10.8. The van der Waals surface area contributed by atoms with Crippen LogP contribution in [-0.4, -0.2) is 93.1 Å². The Bertz CT molecular complexity index is 1130. The number of primary amides is 1. The summed E-state index contributed by atoms with van der Waals surface area (Å²) < 4.78 is 0. The number of amides is 1. The van der Waals surface area contributed by atoms with E-state index in [2.05, 4.69) is 4.90 Å². The van der Waals surface area contributed by atoms with Crippen LogP contribution in [0.25, 0.3) is 0 Å². The van der Waals surface area contributed by atoms with Crippen LogP contribution in [0.1, 0.15) is 53.6 Å². The normalized spacial score (nSPS) is 27.1. The standard InChI is InChI=1S/C27H37N3O7/c1-29(2)19(14-31)18-11-16-10-17-15(13-30-8-4-3-5-9-30)6-7-20(32)24(17)25(35)23(16)26(36)27(18,37)21(33)12-22(28)34/h6-7,16,18-19,31-32,36-37H,3-5,8-14H2,1-2H3,(H2,28,34)/t16-,18-,19+,27+/m0/s1. The summed E-state index contributed by atoms with van der Waals surface area (Å²) in [6.45, 7) is 2.12. The molecular formula is C27H37N3O7. The quantitative estimate of drug-likeness (QED) is 0.313. The van der Waals surface area contributed by atoms with Crippen LogP contribution < -0.4 is 5.73 Å². The van der Waals surface area contributed by atoms with Crippen molar-refractivity contribution in [2.45, 2.75) is 56.7 Å². The van der Waals surface area contributed by atoms with Crippen molar-refractivity contribution in [2.24, 2.45) is 17.6 Å². The smallest absolute Gasteiger partial charge is 0.225 e. The second-order valence-corrected chi connectivity index (χ2v) is 10.8. The van der Waals surface area contributed by atoms with E-state index in [1.165, 1.54) is 12.5 Å². The van der Waals surface area contributed by atoms with E-state index < -0.39 is 59.7 Å². The Morgan fingerprint density at radius 3 is 2.46 bits per heavy atom. The van der Waals surface area contributed by atoms with E-state index >= 15 is 0 Å². The van der Waals surface area contributed by atoms with Crippen LogP contribution in [0.5, 0.6) is 5.75 Å². The number of piperidine rings is 1.